The van der Waals surface area contributed by atoms with E-state index >= 15 is 0 Å². The van der Waals surface area contributed by atoms with Crippen molar-refractivity contribution in [3.05, 3.63) is 67.7 Å². The topological polar surface area (TPSA) is 85.6 Å². The van der Waals surface area contributed by atoms with Gasteiger partial charge in [0.05, 0.1) is 11.3 Å². The molecular weight excluding hydrogens is 390 g/mol. The van der Waals surface area contributed by atoms with Crippen LogP contribution < -0.4 is 10.9 Å². The van der Waals surface area contributed by atoms with Gasteiger partial charge in [0.1, 0.15) is 12.2 Å². The Balaban J connectivity index is 1.65. The van der Waals surface area contributed by atoms with Crippen molar-refractivity contribution in [3.63, 3.8) is 0 Å². The number of ether oxygens (including phenoxy) is 1. The van der Waals surface area contributed by atoms with Crippen LogP contribution in [0.3, 0.4) is 0 Å². The molecule has 1 N–H and O–H groups in total. The van der Waals surface area contributed by atoms with Crippen molar-refractivity contribution in [2.24, 2.45) is 0 Å². The molecular formula is C22H23NO5S. The van der Waals surface area contributed by atoms with E-state index in [-0.39, 0.29) is 25.5 Å². The third-order valence-electron chi connectivity index (χ3n) is 4.59. The van der Waals surface area contributed by atoms with Crippen LogP contribution in [0.25, 0.3) is 11.0 Å². The Morgan fingerprint density at radius 3 is 2.72 bits per heavy atom. The molecule has 0 aliphatic carbocycles. The summed E-state index contributed by atoms with van der Waals surface area (Å²) in [6.45, 7) is 6.32. The predicted octanol–water partition coefficient (Wildman–Crippen LogP) is 4.15. The highest BCUT2D eigenvalue weighted by Gasteiger charge is 2.13. The first kappa shape index (κ1) is 20.8. The van der Waals surface area contributed by atoms with Crippen LogP contribution in [0.5, 0.6) is 0 Å². The van der Waals surface area contributed by atoms with Crippen LogP contribution in [0.1, 0.15) is 52.5 Å². The predicted molar refractivity (Wildman–Crippen MR) is 112 cm³/mol. The Morgan fingerprint density at radius 2 is 2.03 bits per heavy atom. The highest BCUT2D eigenvalue weighted by atomic mass is 32.1. The van der Waals surface area contributed by atoms with Crippen LogP contribution in [-0.2, 0) is 16.1 Å². The summed E-state index contributed by atoms with van der Waals surface area (Å²) in [5.41, 5.74) is 2.80. The molecule has 0 radical (unpaired) electrons. The molecule has 152 valence electrons. The number of thiophene rings is 1. The van der Waals surface area contributed by atoms with Crippen molar-refractivity contribution in [1.29, 1.82) is 0 Å². The van der Waals surface area contributed by atoms with Crippen molar-refractivity contribution < 1.29 is 18.7 Å². The van der Waals surface area contributed by atoms with E-state index < -0.39 is 11.6 Å². The maximum absolute atomic E-state index is 12.1. The molecule has 3 rings (SSSR count). The van der Waals surface area contributed by atoms with Crippen molar-refractivity contribution in [3.8, 4) is 0 Å². The number of hydrogen-bond donors (Lipinski definition) is 1. The van der Waals surface area contributed by atoms with Crippen molar-refractivity contribution in [2.75, 3.05) is 6.54 Å². The van der Waals surface area contributed by atoms with E-state index in [2.05, 4.69) is 19.2 Å². The summed E-state index contributed by atoms with van der Waals surface area (Å²) < 4.78 is 10.6. The van der Waals surface area contributed by atoms with E-state index in [1.807, 2.05) is 24.4 Å². The lowest BCUT2D eigenvalue weighted by molar-refractivity contribution is -0.144. The second-order valence-corrected chi connectivity index (χ2v) is 8.04. The highest BCUT2D eigenvalue weighted by Crippen LogP contribution is 2.27. The largest absolute Gasteiger partial charge is 0.461 e. The third kappa shape index (κ3) is 5.12. The summed E-state index contributed by atoms with van der Waals surface area (Å²) in [4.78, 5) is 36.4. The fourth-order valence-corrected chi connectivity index (χ4v) is 3.78. The first-order valence-corrected chi connectivity index (χ1v) is 10.3. The summed E-state index contributed by atoms with van der Waals surface area (Å²) in [5, 5.41) is 5.26. The van der Waals surface area contributed by atoms with Crippen LogP contribution in [0, 0.1) is 6.92 Å². The smallest absolute Gasteiger partial charge is 0.336 e. The van der Waals surface area contributed by atoms with E-state index in [1.54, 1.807) is 12.1 Å². The van der Waals surface area contributed by atoms with Crippen LogP contribution in [0.4, 0.5) is 0 Å². The fraction of sp³-hybridized carbons (Fsp3) is 0.318. The Bertz CT molecular complexity index is 1080. The maximum atomic E-state index is 12.1. The van der Waals surface area contributed by atoms with Crippen LogP contribution in [0.2, 0.25) is 0 Å². The molecule has 0 aliphatic rings. The molecule has 6 nitrogen and oxygen atoms in total. The van der Waals surface area contributed by atoms with Gasteiger partial charge in [0, 0.05) is 23.6 Å². The number of carbonyl (C=O) groups is 2. The highest BCUT2D eigenvalue weighted by molar-refractivity contribution is 7.12. The molecule has 2 aromatic heterocycles. The van der Waals surface area contributed by atoms with Crippen LogP contribution in [-0.4, -0.2) is 18.4 Å². The lowest BCUT2D eigenvalue weighted by atomic mass is 9.95. The van der Waals surface area contributed by atoms with Gasteiger partial charge in [-0.25, -0.2) is 4.79 Å². The van der Waals surface area contributed by atoms with Gasteiger partial charge in [-0.15, -0.1) is 11.3 Å². The fourth-order valence-electron chi connectivity index (χ4n) is 3.14. The molecule has 0 saturated heterocycles. The normalized spacial score (nSPS) is 11.0. The molecule has 0 spiro atoms. The molecule has 7 heteroatoms. The number of esters is 1. The summed E-state index contributed by atoms with van der Waals surface area (Å²) in [5.74, 6) is -0.348. The second kappa shape index (κ2) is 9.05. The number of fused-ring (bicyclic) bond motifs is 1. The molecule has 0 fully saturated rings. The number of rotatable bonds is 7. The Labute approximate surface area is 172 Å². The molecule has 0 unspecified atom stereocenters. The van der Waals surface area contributed by atoms with Crippen molar-refractivity contribution >= 4 is 34.2 Å². The van der Waals surface area contributed by atoms with Crippen LogP contribution in [0.15, 0.2) is 44.9 Å². The molecule has 0 bridgehead atoms. The number of carbonyl (C=O) groups excluding carboxylic acids is 2. The van der Waals surface area contributed by atoms with E-state index in [1.165, 1.54) is 17.4 Å². The minimum atomic E-state index is -0.483. The third-order valence-corrected chi connectivity index (χ3v) is 5.46. The van der Waals surface area contributed by atoms with Crippen molar-refractivity contribution in [1.82, 2.24) is 5.32 Å². The minimum absolute atomic E-state index is 0.0274. The van der Waals surface area contributed by atoms with Gasteiger partial charge >= 0.3 is 11.6 Å². The second-order valence-electron chi connectivity index (χ2n) is 7.09. The first-order chi connectivity index (χ1) is 13.8. The van der Waals surface area contributed by atoms with Gasteiger partial charge in [-0.1, -0.05) is 19.9 Å². The van der Waals surface area contributed by atoms with Crippen LogP contribution >= 0.6 is 11.3 Å². The average molecular weight is 413 g/mol. The van der Waals surface area contributed by atoms with Gasteiger partial charge in [-0.3, -0.25) is 9.59 Å². The molecule has 1 aromatic carbocycles. The van der Waals surface area contributed by atoms with E-state index in [4.69, 9.17) is 9.15 Å². The summed E-state index contributed by atoms with van der Waals surface area (Å²) in [7, 11) is 0. The lowest BCUT2D eigenvalue weighted by Crippen LogP contribution is -2.25. The van der Waals surface area contributed by atoms with Gasteiger partial charge in [0.25, 0.3) is 5.91 Å². The monoisotopic (exact) mass is 413 g/mol. The number of amides is 1. The lowest BCUT2D eigenvalue weighted by Gasteiger charge is -2.13. The zero-order valence-corrected chi connectivity index (χ0v) is 17.4. The molecule has 0 aliphatic heterocycles. The zero-order chi connectivity index (χ0) is 21.0. The molecule has 29 heavy (non-hydrogen) atoms. The maximum Gasteiger partial charge on any atom is 0.336 e. The van der Waals surface area contributed by atoms with Gasteiger partial charge in [0.15, 0.2) is 0 Å². The zero-order valence-electron chi connectivity index (χ0n) is 16.6. The Hall–Kier alpha value is -2.93. The molecule has 2 heterocycles. The molecule has 0 atom stereocenters. The number of nitrogens with one attached hydrogen (secondary N) is 1. The summed E-state index contributed by atoms with van der Waals surface area (Å²) >= 11 is 1.34. The average Bonchev–Trinajstić information content (AvgIpc) is 3.20. The summed E-state index contributed by atoms with van der Waals surface area (Å²) in [6.07, 6.45) is 0.0485. The number of aryl methyl sites for hydroxylation is 1. The van der Waals surface area contributed by atoms with Gasteiger partial charge in [-0.2, -0.15) is 0 Å². The molecule has 0 saturated carbocycles. The van der Waals surface area contributed by atoms with Crippen molar-refractivity contribution in [2.45, 2.75) is 39.7 Å². The van der Waals surface area contributed by atoms with Gasteiger partial charge < -0.3 is 14.5 Å². The number of hydrogen-bond acceptors (Lipinski definition) is 6. The first-order valence-electron chi connectivity index (χ1n) is 9.39. The number of benzene rings is 1. The summed E-state index contributed by atoms with van der Waals surface area (Å²) in [6, 6.07) is 8.70. The van der Waals surface area contributed by atoms with Gasteiger partial charge in [0.2, 0.25) is 0 Å². The molecule has 3 aromatic rings. The SMILES string of the molecule is Cc1cc2oc(=O)cc(COC(=O)CCNC(=O)c3cccs3)c2cc1C(C)C. The standard InChI is InChI=1S/C22H23NO5S/c1-13(2)16-11-17-15(10-21(25)28-18(17)9-14(16)3)12-27-20(24)6-7-23-22(26)19-5-4-8-29-19/h4-5,8-11,13H,6-7,12H2,1-3H3,(H,23,26). The van der Waals surface area contributed by atoms with E-state index in [0.717, 1.165) is 16.5 Å². The van der Waals surface area contributed by atoms with E-state index in [9.17, 15) is 14.4 Å². The molecule has 1 amide bonds. The Kier molecular flexibility index (Phi) is 6.49. The Morgan fingerprint density at radius 1 is 1.24 bits per heavy atom. The minimum Gasteiger partial charge on any atom is -0.461 e. The quantitative estimate of drug-likeness (QED) is 0.465. The van der Waals surface area contributed by atoms with Gasteiger partial charge in [-0.05, 0) is 47.5 Å². The van der Waals surface area contributed by atoms with E-state index in [0.29, 0.717) is 21.9 Å².